The number of aromatic nitrogens is 1. The minimum absolute atomic E-state index is 0.101. The number of nitrogens with zero attached hydrogens (tertiary/aromatic N) is 2. The van der Waals surface area contributed by atoms with E-state index in [1.807, 2.05) is 20.8 Å². The maximum Gasteiger partial charge on any atom is 0.259 e. The molecule has 6 nitrogen and oxygen atoms in total. The van der Waals surface area contributed by atoms with Crippen LogP contribution in [0.3, 0.4) is 0 Å². The summed E-state index contributed by atoms with van der Waals surface area (Å²) in [7, 11) is 0. The normalized spacial score (nSPS) is 22.1. The number of carbonyl (C=O) groups is 1. The van der Waals surface area contributed by atoms with Crippen LogP contribution in [0.15, 0.2) is 4.52 Å². The van der Waals surface area contributed by atoms with Crippen LogP contribution in [-0.2, 0) is 11.2 Å². The maximum atomic E-state index is 12.7. The highest BCUT2D eigenvalue weighted by molar-refractivity contribution is 5.96. The van der Waals surface area contributed by atoms with Gasteiger partial charge in [-0.25, -0.2) is 0 Å². The molecule has 1 aromatic heterocycles. The number of hydrogen-bond acceptors (Lipinski definition) is 5. The fraction of sp³-hybridized carbons (Fsp3) is 0.714. The van der Waals surface area contributed by atoms with Gasteiger partial charge in [-0.05, 0) is 27.2 Å². The minimum atomic E-state index is -0.473. The second kappa shape index (κ2) is 5.54. The zero-order valence-electron chi connectivity index (χ0n) is 12.5. The number of amides is 1. The quantitative estimate of drug-likeness (QED) is 0.900. The van der Waals surface area contributed by atoms with Crippen LogP contribution in [0.25, 0.3) is 0 Å². The second-order valence-electron chi connectivity index (χ2n) is 5.78. The molecule has 1 aliphatic heterocycles. The van der Waals surface area contributed by atoms with Crippen molar-refractivity contribution in [3.63, 3.8) is 0 Å². The van der Waals surface area contributed by atoms with Gasteiger partial charge in [0.15, 0.2) is 0 Å². The molecular weight excluding hydrogens is 260 g/mol. The van der Waals surface area contributed by atoms with Crippen LogP contribution in [0.1, 0.15) is 42.6 Å². The number of morpholine rings is 1. The summed E-state index contributed by atoms with van der Waals surface area (Å²) in [5, 5.41) is 13.2. The lowest BCUT2D eigenvalue weighted by Crippen LogP contribution is -2.55. The van der Waals surface area contributed by atoms with Gasteiger partial charge >= 0.3 is 0 Å². The molecular formula is C14H22N2O4. The smallest absolute Gasteiger partial charge is 0.259 e. The van der Waals surface area contributed by atoms with E-state index in [9.17, 15) is 9.90 Å². The summed E-state index contributed by atoms with van der Waals surface area (Å²) in [6.45, 7) is 8.27. The molecule has 112 valence electrons. The van der Waals surface area contributed by atoms with Crippen molar-refractivity contribution in [1.29, 1.82) is 0 Å². The highest BCUT2D eigenvalue weighted by Gasteiger charge is 2.37. The van der Waals surface area contributed by atoms with Crippen LogP contribution >= 0.6 is 0 Å². The van der Waals surface area contributed by atoms with Gasteiger partial charge < -0.3 is 19.3 Å². The molecule has 2 heterocycles. The lowest BCUT2D eigenvalue weighted by Gasteiger charge is -2.42. The monoisotopic (exact) mass is 282 g/mol. The number of aliphatic hydroxyl groups excluding tert-OH is 1. The molecule has 0 spiro atoms. The summed E-state index contributed by atoms with van der Waals surface area (Å²) in [5.74, 6) is 0.437. The fourth-order valence-corrected chi connectivity index (χ4v) is 2.64. The number of rotatable bonds is 3. The molecule has 0 bridgehead atoms. The van der Waals surface area contributed by atoms with E-state index in [-0.39, 0.29) is 18.6 Å². The fourth-order valence-electron chi connectivity index (χ4n) is 2.64. The third kappa shape index (κ3) is 2.86. The molecule has 2 rings (SSSR count). The Bertz CT molecular complexity index is 495. The van der Waals surface area contributed by atoms with Gasteiger partial charge in [0.05, 0.1) is 24.0 Å². The van der Waals surface area contributed by atoms with Crippen molar-refractivity contribution in [1.82, 2.24) is 10.1 Å². The molecule has 20 heavy (non-hydrogen) atoms. The highest BCUT2D eigenvalue weighted by atomic mass is 16.5. The van der Waals surface area contributed by atoms with E-state index >= 15 is 0 Å². The first kappa shape index (κ1) is 15.0. The Morgan fingerprint density at radius 3 is 2.85 bits per heavy atom. The summed E-state index contributed by atoms with van der Waals surface area (Å²) in [4.78, 5) is 14.4. The van der Waals surface area contributed by atoms with Crippen LogP contribution in [-0.4, -0.2) is 52.5 Å². The first-order valence-electron chi connectivity index (χ1n) is 6.91. The van der Waals surface area contributed by atoms with Crippen molar-refractivity contribution in [2.75, 3.05) is 19.7 Å². The summed E-state index contributed by atoms with van der Waals surface area (Å²) in [6, 6.07) is 0. The summed E-state index contributed by atoms with van der Waals surface area (Å²) < 4.78 is 10.9. The van der Waals surface area contributed by atoms with Crippen molar-refractivity contribution in [2.24, 2.45) is 0 Å². The number of aliphatic hydroxyl groups is 1. The van der Waals surface area contributed by atoms with Crippen LogP contribution in [0, 0.1) is 6.92 Å². The summed E-state index contributed by atoms with van der Waals surface area (Å²) in [5.41, 5.74) is 0.748. The number of hydrogen-bond donors (Lipinski definition) is 1. The van der Waals surface area contributed by atoms with Crippen LogP contribution < -0.4 is 0 Å². The van der Waals surface area contributed by atoms with Crippen molar-refractivity contribution in [3.05, 3.63) is 17.0 Å². The van der Waals surface area contributed by atoms with E-state index in [0.29, 0.717) is 36.5 Å². The first-order chi connectivity index (χ1) is 9.38. The number of ether oxygens (including phenoxy) is 1. The van der Waals surface area contributed by atoms with Crippen LogP contribution in [0.5, 0.6) is 0 Å². The molecule has 0 aliphatic carbocycles. The zero-order chi connectivity index (χ0) is 14.9. The van der Waals surface area contributed by atoms with E-state index in [1.54, 1.807) is 11.8 Å². The average Bonchev–Trinajstić information content (AvgIpc) is 2.77. The zero-order valence-corrected chi connectivity index (χ0v) is 12.5. The molecule has 1 atom stereocenters. The van der Waals surface area contributed by atoms with Gasteiger partial charge in [-0.1, -0.05) is 12.1 Å². The van der Waals surface area contributed by atoms with Crippen molar-refractivity contribution >= 4 is 5.91 Å². The van der Waals surface area contributed by atoms with Gasteiger partial charge in [0.25, 0.3) is 5.91 Å². The Morgan fingerprint density at radius 2 is 2.25 bits per heavy atom. The predicted molar refractivity (Wildman–Crippen MR) is 72.6 cm³/mol. The lowest BCUT2D eigenvalue weighted by atomic mass is 10.0. The van der Waals surface area contributed by atoms with E-state index in [1.165, 1.54) is 0 Å². The molecule has 1 unspecified atom stereocenters. The van der Waals surface area contributed by atoms with Crippen molar-refractivity contribution in [2.45, 2.75) is 45.8 Å². The molecule has 1 aliphatic rings. The third-order valence-electron chi connectivity index (χ3n) is 3.45. The molecule has 1 fully saturated rings. The molecule has 0 saturated carbocycles. The van der Waals surface area contributed by atoms with Gasteiger partial charge in [-0.2, -0.15) is 0 Å². The van der Waals surface area contributed by atoms with Gasteiger partial charge in [-0.15, -0.1) is 0 Å². The Morgan fingerprint density at radius 1 is 1.55 bits per heavy atom. The van der Waals surface area contributed by atoms with Crippen LogP contribution in [0.4, 0.5) is 0 Å². The Kier molecular flexibility index (Phi) is 4.15. The Labute approximate surface area is 118 Å². The Balaban J connectivity index is 2.26. The molecule has 0 aromatic carbocycles. The first-order valence-corrected chi connectivity index (χ1v) is 6.91. The maximum absolute atomic E-state index is 12.7. The highest BCUT2D eigenvalue weighted by Crippen LogP contribution is 2.24. The van der Waals surface area contributed by atoms with Gasteiger partial charge in [0.1, 0.15) is 11.3 Å². The summed E-state index contributed by atoms with van der Waals surface area (Å²) in [6.07, 6.45) is 0.295. The van der Waals surface area contributed by atoms with Crippen molar-refractivity contribution in [3.8, 4) is 0 Å². The van der Waals surface area contributed by atoms with Gasteiger partial charge in [0.2, 0.25) is 0 Å². The molecule has 1 aromatic rings. The molecule has 1 saturated heterocycles. The van der Waals surface area contributed by atoms with Crippen LogP contribution in [0.2, 0.25) is 0 Å². The average molecular weight is 282 g/mol. The van der Waals surface area contributed by atoms with E-state index in [4.69, 9.17) is 9.26 Å². The topological polar surface area (TPSA) is 75.8 Å². The van der Waals surface area contributed by atoms with Crippen molar-refractivity contribution < 1.29 is 19.2 Å². The third-order valence-corrected chi connectivity index (χ3v) is 3.45. The molecule has 0 radical (unpaired) electrons. The number of aryl methyl sites for hydroxylation is 2. The molecule has 1 amide bonds. The standard InChI is InChI=1S/C14H22N2O4/c1-5-11-12(9(2)20-15-11)13(18)16-6-10(7-17)19-14(3,4)8-16/h10,17H,5-8H2,1-4H3. The van der Waals surface area contributed by atoms with Gasteiger partial charge in [-0.3, -0.25) is 4.79 Å². The largest absolute Gasteiger partial charge is 0.394 e. The van der Waals surface area contributed by atoms with E-state index in [2.05, 4.69) is 5.16 Å². The molecule has 1 N–H and O–H groups in total. The predicted octanol–water partition coefficient (Wildman–Crippen LogP) is 1.16. The number of carbonyl (C=O) groups excluding carboxylic acids is 1. The summed E-state index contributed by atoms with van der Waals surface area (Å²) >= 11 is 0. The van der Waals surface area contributed by atoms with E-state index < -0.39 is 5.60 Å². The molecule has 6 heteroatoms. The SMILES string of the molecule is CCc1noc(C)c1C(=O)N1CC(CO)OC(C)(C)C1. The van der Waals surface area contributed by atoms with E-state index in [0.717, 1.165) is 0 Å². The second-order valence-corrected chi connectivity index (χ2v) is 5.78. The minimum Gasteiger partial charge on any atom is -0.394 e. The Hall–Kier alpha value is -1.40. The van der Waals surface area contributed by atoms with Gasteiger partial charge in [0, 0.05) is 13.1 Å². The lowest BCUT2D eigenvalue weighted by molar-refractivity contribution is -0.139.